The molecule has 0 aliphatic rings. The van der Waals surface area contributed by atoms with Gasteiger partial charge in [-0.25, -0.2) is 0 Å². The van der Waals surface area contributed by atoms with E-state index in [4.69, 9.17) is 10.3 Å². The molecule has 86 valence electrons. The van der Waals surface area contributed by atoms with Gasteiger partial charge in [-0.05, 0) is 18.6 Å². The Morgan fingerprint density at radius 3 is 2.93 bits per heavy atom. The van der Waals surface area contributed by atoms with E-state index in [9.17, 15) is 0 Å². The van der Waals surface area contributed by atoms with E-state index in [0.29, 0.717) is 5.25 Å². The molecule has 1 heterocycles. The van der Waals surface area contributed by atoms with Gasteiger partial charge < -0.3 is 4.42 Å². The molecule has 1 aromatic heterocycles. The van der Waals surface area contributed by atoms with Crippen molar-refractivity contribution >= 4 is 11.8 Å². The highest BCUT2D eigenvalue weighted by Gasteiger charge is 2.11. The fraction of sp³-hybridized carbons (Fsp3) is 0.636. The molecule has 0 fully saturated rings. The van der Waals surface area contributed by atoms with Crippen molar-refractivity contribution < 1.29 is 4.42 Å². The number of hydrogen-bond acceptors (Lipinski definition) is 4. The molecule has 4 heteroatoms. The molecule has 0 saturated heterocycles. The zero-order chi connectivity index (χ0) is 11.1. The van der Waals surface area contributed by atoms with Crippen molar-refractivity contribution in [1.29, 1.82) is 0 Å². The van der Waals surface area contributed by atoms with Crippen molar-refractivity contribution in [2.45, 2.75) is 38.0 Å². The highest BCUT2D eigenvalue weighted by atomic mass is 32.2. The quantitative estimate of drug-likeness (QED) is 0.555. The van der Waals surface area contributed by atoms with Gasteiger partial charge in [0.25, 0.3) is 0 Å². The summed E-state index contributed by atoms with van der Waals surface area (Å²) in [5.41, 5.74) is 2.84. The van der Waals surface area contributed by atoms with Crippen molar-refractivity contribution in [1.82, 2.24) is 5.43 Å². The molecule has 15 heavy (non-hydrogen) atoms. The lowest BCUT2D eigenvalue weighted by Crippen LogP contribution is -2.39. The van der Waals surface area contributed by atoms with Gasteiger partial charge in [-0.2, -0.15) is 11.8 Å². The Balaban J connectivity index is 2.30. The third kappa shape index (κ3) is 4.73. The normalized spacial score (nSPS) is 15.1. The summed E-state index contributed by atoms with van der Waals surface area (Å²) in [7, 11) is 0. The van der Waals surface area contributed by atoms with Gasteiger partial charge in [0, 0.05) is 23.5 Å². The van der Waals surface area contributed by atoms with Crippen LogP contribution in [0.3, 0.4) is 0 Å². The lowest BCUT2D eigenvalue weighted by molar-refractivity contribution is 0.465. The number of thioether (sulfide) groups is 1. The zero-order valence-electron chi connectivity index (χ0n) is 9.40. The SMILES string of the molecule is CCC(C)SCC(Cc1ccco1)NN. The molecule has 2 atom stereocenters. The standard InChI is InChI=1S/C11H20N2OS/c1-3-9(2)15-8-10(13-12)7-11-5-4-6-14-11/h4-6,9-10,13H,3,7-8,12H2,1-2H3. The number of rotatable bonds is 7. The third-order valence-electron chi connectivity index (χ3n) is 2.42. The topological polar surface area (TPSA) is 51.2 Å². The molecule has 0 spiro atoms. The monoisotopic (exact) mass is 228 g/mol. The van der Waals surface area contributed by atoms with Crippen molar-refractivity contribution in [2.75, 3.05) is 5.75 Å². The minimum absolute atomic E-state index is 0.287. The third-order valence-corrected chi connectivity index (χ3v) is 3.92. The molecule has 0 aliphatic carbocycles. The first-order valence-electron chi connectivity index (χ1n) is 5.36. The van der Waals surface area contributed by atoms with Crippen LogP contribution >= 0.6 is 11.8 Å². The highest BCUT2D eigenvalue weighted by molar-refractivity contribution is 7.99. The first kappa shape index (κ1) is 12.6. The molecule has 0 saturated carbocycles. The smallest absolute Gasteiger partial charge is 0.105 e. The van der Waals surface area contributed by atoms with E-state index in [1.54, 1.807) is 6.26 Å². The van der Waals surface area contributed by atoms with Gasteiger partial charge >= 0.3 is 0 Å². The van der Waals surface area contributed by atoms with E-state index < -0.39 is 0 Å². The van der Waals surface area contributed by atoms with Gasteiger partial charge in [0.05, 0.1) is 6.26 Å². The number of nitrogens with two attached hydrogens (primary N) is 1. The molecule has 0 aromatic carbocycles. The van der Waals surface area contributed by atoms with Gasteiger partial charge in [-0.3, -0.25) is 11.3 Å². The van der Waals surface area contributed by atoms with Gasteiger partial charge in [0.1, 0.15) is 5.76 Å². The van der Waals surface area contributed by atoms with Crippen LogP contribution in [0.15, 0.2) is 22.8 Å². The van der Waals surface area contributed by atoms with Crippen LogP contribution in [-0.2, 0) is 6.42 Å². The summed E-state index contributed by atoms with van der Waals surface area (Å²) >= 11 is 1.95. The second kappa shape index (κ2) is 6.93. The summed E-state index contributed by atoms with van der Waals surface area (Å²) in [6, 6.07) is 4.18. The summed E-state index contributed by atoms with van der Waals surface area (Å²) in [5, 5.41) is 0.692. The summed E-state index contributed by atoms with van der Waals surface area (Å²) in [6.45, 7) is 4.44. The minimum atomic E-state index is 0.287. The molecule has 0 bridgehead atoms. The maximum absolute atomic E-state index is 5.51. The molecule has 3 nitrogen and oxygen atoms in total. The van der Waals surface area contributed by atoms with E-state index >= 15 is 0 Å². The van der Waals surface area contributed by atoms with Gasteiger partial charge in [0.2, 0.25) is 0 Å². The first-order chi connectivity index (χ1) is 7.26. The zero-order valence-corrected chi connectivity index (χ0v) is 10.2. The molecule has 2 unspecified atom stereocenters. The first-order valence-corrected chi connectivity index (χ1v) is 6.41. The van der Waals surface area contributed by atoms with Crippen molar-refractivity contribution in [3.05, 3.63) is 24.2 Å². The Morgan fingerprint density at radius 2 is 2.40 bits per heavy atom. The maximum Gasteiger partial charge on any atom is 0.105 e. The Morgan fingerprint density at radius 1 is 1.60 bits per heavy atom. The van der Waals surface area contributed by atoms with Crippen molar-refractivity contribution in [3.8, 4) is 0 Å². The summed E-state index contributed by atoms with van der Waals surface area (Å²) in [4.78, 5) is 0. The van der Waals surface area contributed by atoms with Crippen LogP contribution in [0.5, 0.6) is 0 Å². The molecule has 0 aliphatic heterocycles. The van der Waals surface area contributed by atoms with Gasteiger partial charge in [-0.15, -0.1) is 0 Å². The van der Waals surface area contributed by atoms with Crippen LogP contribution in [0, 0.1) is 0 Å². The summed E-state index contributed by atoms with van der Waals surface area (Å²) in [5.74, 6) is 7.52. The molecule has 1 rings (SSSR count). The lowest BCUT2D eigenvalue weighted by Gasteiger charge is -2.16. The predicted octanol–water partition coefficient (Wildman–Crippen LogP) is 2.19. The Hall–Kier alpha value is -0.450. The van der Waals surface area contributed by atoms with E-state index in [2.05, 4.69) is 19.3 Å². The fourth-order valence-electron chi connectivity index (χ4n) is 1.24. The molecular formula is C11H20N2OS. The number of furan rings is 1. The van der Waals surface area contributed by atoms with Crippen LogP contribution < -0.4 is 11.3 Å². The lowest BCUT2D eigenvalue weighted by atomic mass is 10.2. The Kier molecular flexibility index (Phi) is 5.83. The number of nitrogens with one attached hydrogen (secondary N) is 1. The molecular weight excluding hydrogens is 208 g/mol. The fourth-order valence-corrected chi connectivity index (χ4v) is 2.25. The van der Waals surface area contributed by atoms with Gasteiger partial charge in [-0.1, -0.05) is 13.8 Å². The van der Waals surface area contributed by atoms with E-state index in [1.807, 2.05) is 23.9 Å². The number of hydrogen-bond donors (Lipinski definition) is 2. The van der Waals surface area contributed by atoms with E-state index in [1.165, 1.54) is 6.42 Å². The largest absolute Gasteiger partial charge is 0.469 e. The van der Waals surface area contributed by atoms with Crippen molar-refractivity contribution in [3.63, 3.8) is 0 Å². The van der Waals surface area contributed by atoms with Crippen LogP contribution in [0.1, 0.15) is 26.0 Å². The summed E-state index contributed by atoms with van der Waals surface area (Å²) < 4.78 is 5.29. The molecule has 0 amide bonds. The van der Waals surface area contributed by atoms with Crippen LogP contribution in [-0.4, -0.2) is 17.0 Å². The van der Waals surface area contributed by atoms with Crippen LogP contribution in [0.25, 0.3) is 0 Å². The van der Waals surface area contributed by atoms with Crippen LogP contribution in [0.2, 0.25) is 0 Å². The van der Waals surface area contributed by atoms with Crippen LogP contribution in [0.4, 0.5) is 0 Å². The van der Waals surface area contributed by atoms with E-state index in [0.717, 1.165) is 17.9 Å². The Labute approximate surface area is 95.8 Å². The average Bonchev–Trinajstić information content (AvgIpc) is 2.76. The molecule has 1 aromatic rings. The predicted molar refractivity (Wildman–Crippen MR) is 65.7 cm³/mol. The second-order valence-electron chi connectivity index (χ2n) is 3.70. The molecule has 0 radical (unpaired) electrons. The molecule has 3 N–H and O–H groups in total. The second-order valence-corrected chi connectivity index (χ2v) is 5.17. The highest BCUT2D eigenvalue weighted by Crippen LogP contribution is 2.16. The summed E-state index contributed by atoms with van der Waals surface area (Å²) in [6.07, 6.45) is 3.75. The Bertz CT molecular complexity index is 251. The van der Waals surface area contributed by atoms with Gasteiger partial charge in [0.15, 0.2) is 0 Å². The van der Waals surface area contributed by atoms with E-state index in [-0.39, 0.29) is 6.04 Å². The maximum atomic E-state index is 5.51. The average molecular weight is 228 g/mol. The number of hydrazine groups is 1. The van der Waals surface area contributed by atoms with Crippen molar-refractivity contribution in [2.24, 2.45) is 5.84 Å². The minimum Gasteiger partial charge on any atom is -0.469 e.